The van der Waals surface area contributed by atoms with Crippen LogP contribution in [0, 0.1) is 6.92 Å². The number of anilines is 1. The van der Waals surface area contributed by atoms with Crippen LogP contribution in [0.25, 0.3) is 0 Å². The Labute approximate surface area is 115 Å². The van der Waals surface area contributed by atoms with Crippen LogP contribution in [-0.2, 0) is 11.3 Å². The van der Waals surface area contributed by atoms with Gasteiger partial charge in [0.05, 0.1) is 6.54 Å². The molecule has 2 rings (SSSR count). The van der Waals surface area contributed by atoms with Crippen molar-refractivity contribution in [3.05, 3.63) is 29.3 Å². The van der Waals surface area contributed by atoms with Gasteiger partial charge >= 0.3 is 0 Å². The molecule has 0 atom stereocenters. The van der Waals surface area contributed by atoms with E-state index in [4.69, 9.17) is 0 Å². The molecule has 1 fully saturated rings. The largest absolute Gasteiger partial charge is 0.365 e. The molecular weight excluding hydrogens is 238 g/mol. The summed E-state index contributed by atoms with van der Waals surface area (Å²) in [6, 6.07) is 6.77. The van der Waals surface area contributed by atoms with E-state index in [1.54, 1.807) is 0 Å². The molecule has 1 amide bonds. The fourth-order valence-electron chi connectivity index (χ4n) is 2.22. The summed E-state index contributed by atoms with van der Waals surface area (Å²) in [7, 11) is 3.90. The Morgan fingerprint density at radius 2 is 2.16 bits per heavy atom. The molecule has 2 N–H and O–H groups in total. The van der Waals surface area contributed by atoms with Crippen molar-refractivity contribution in [2.75, 3.05) is 25.5 Å². The van der Waals surface area contributed by atoms with Gasteiger partial charge in [0.15, 0.2) is 0 Å². The summed E-state index contributed by atoms with van der Waals surface area (Å²) >= 11 is 0. The quantitative estimate of drug-likeness (QED) is 0.814. The molecule has 104 valence electrons. The minimum Gasteiger partial charge on any atom is -0.365 e. The molecule has 1 aliphatic rings. The number of carbonyl (C=O) groups is 1. The Hall–Kier alpha value is -1.55. The monoisotopic (exact) mass is 261 g/mol. The number of amides is 1. The minimum absolute atomic E-state index is 0.112. The van der Waals surface area contributed by atoms with E-state index >= 15 is 0 Å². The van der Waals surface area contributed by atoms with Crippen LogP contribution in [0.4, 0.5) is 5.69 Å². The van der Waals surface area contributed by atoms with Gasteiger partial charge in [-0.1, -0.05) is 17.7 Å². The standard InChI is InChI=1S/C15H23N3O/c1-11-4-7-14(12(8-11)9-16-2)18(3)10-15(19)17-13-5-6-13/h4,7-8,13,16H,5-6,9-10H2,1-3H3,(H,17,19). The van der Waals surface area contributed by atoms with Crippen molar-refractivity contribution in [3.8, 4) is 0 Å². The van der Waals surface area contributed by atoms with E-state index in [0.29, 0.717) is 12.6 Å². The Kier molecular flexibility index (Phi) is 4.43. The lowest BCUT2D eigenvalue weighted by atomic mass is 10.1. The van der Waals surface area contributed by atoms with Crippen LogP contribution < -0.4 is 15.5 Å². The number of nitrogens with zero attached hydrogens (tertiary/aromatic N) is 1. The topological polar surface area (TPSA) is 44.4 Å². The molecule has 1 aromatic rings. The Bertz CT molecular complexity index is 455. The lowest BCUT2D eigenvalue weighted by molar-refractivity contribution is -0.119. The lowest BCUT2D eigenvalue weighted by Crippen LogP contribution is -2.36. The molecule has 4 heteroatoms. The van der Waals surface area contributed by atoms with Gasteiger partial charge in [0.2, 0.25) is 5.91 Å². The minimum atomic E-state index is 0.112. The third-order valence-electron chi connectivity index (χ3n) is 3.34. The van der Waals surface area contributed by atoms with Gasteiger partial charge in [-0.15, -0.1) is 0 Å². The summed E-state index contributed by atoms with van der Waals surface area (Å²) in [6.45, 7) is 3.31. The van der Waals surface area contributed by atoms with Crippen LogP contribution in [0.3, 0.4) is 0 Å². The Morgan fingerprint density at radius 3 is 2.79 bits per heavy atom. The van der Waals surface area contributed by atoms with Crippen molar-refractivity contribution in [2.24, 2.45) is 0 Å². The highest BCUT2D eigenvalue weighted by atomic mass is 16.2. The lowest BCUT2D eigenvalue weighted by Gasteiger charge is -2.22. The third-order valence-corrected chi connectivity index (χ3v) is 3.34. The first-order valence-electron chi connectivity index (χ1n) is 6.85. The molecule has 19 heavy (non-hydrogen) atoms. The zero-order valence-corrected chi connectivity index (χ0v) is 12.0. The Balaban J connectivity index is 2.03. The molecular formula is C15H23N3O. The van der Waals surface area contributed by atoms with E-state index in [9.17, 15) is 4.79 Å². The normalized spacial score (nSPS) is 14.3. The van der Waals surface area contributed by atoms with E-state index in [-0.39, 0.29) is 5.91 Å². The second-order valence-electron chi connectivity index (χ2n) is 5.36. The van der Waals surface area contributed by atoms with Gasteiger partial charge in [0, 0.05) is 25.3 Å². The predicted octanol–water partition coefficient (Wildman–Crippen LogP) is 1.43. The molecule has 0 heterocycles. The summed E-state index contributed by atoms with van der Waals surface area (Å²) in [4.78, 5) is 13.9. The van der Waals surface area contributed by atoms with Crippen LogP contribution in [0.2, 0.25) is 0 Å². The molecule has 0 spiro atoms. The van der Waals surface area contributed by atoms with Crippen LogP contribution in [-0.4, -0.2) is 32.6 Å². The van der Waals surface area contributed by atoms with E-state index in [0.717, 1.165) is 25.1 Å². The van der Waals surface area contributed by atoms with Gasteiger partial charge < -0.3 is 15.5 Å². The van der Waals surface area contributed by atoms with Crippen molar-refractivity contribution in [1.29, 1.82) is 0 Å². The SMILES string of the molecule is CNCc1cc(C)ccc1N(C)CC(=O)NC1CC1. The first kappa shape index (κ1) is 13.9. The smallest absolute Gasteiger partial charge is 0.239 e. The van der Waals surface area contributed by atoms with E-state index in [1.165, 1.54) is 11.1 Å². The molecule has 1 aromatic carbocycles. The Morgan fingerprint density at radius 1 is 1.42 bits per heavy atom. The summed E-state index contributed by atoms with van der Waals surface area (Å²) in [5, 5.41) is 6.20. The second kappa shape index (κ2) is 6.06. The fraction of sp³-hybridized carbons (Fsp3) is 0.533. The fourth-order valence-corrected chi connectivity index (χ4v) is 2.22. The summed E-state index contributed by atoms with van der Waals surface area (Å²) in [5.41, 5.74) is 3.58. The molecule has 0 radical (unpaired) electrons. The van der Waals surface area contributed by atoms with Gasteiger partial charge in [0.25, 0.3) is 0 Å². The highest BCUT2D eigenvalue weighted by molar-refractivity contribution is 5.82. The molecule has 0 aliphatic heterocycles. The molecule has 4 nitrogen and oxygen atoms in total. The molecule has 0 aromatic heterocycles. The van der Waals surface area contributed by atoms with Crippen LogP contribution in [0.1, 0.15) is 24.0 Å². The number of rotatable bonds is 6. The summed E-state index contributed by atoms with van der Waals surface area (Å²) < 4.78 is 0. The van der Waals surface area contributed by atoms with Crippen molar-refractivity contribution >= 4 is 11.6 Å². The van der Waals surface area contributed by atoms with E-state index in [1.807, 2.05) is 19.0 Å². The molecule has 1 aliphatic carbocycles. The second-order valence-corrected chi connectivity index (χ2v) is 5.36. The van der Waals surface area contributed by atoms with Gasteiger partial charge in [-0.05, 0) is 38.4 Å². The summed E-state index contributed by atoms with van der Waals surface area (Å²) in [6.07, 6.45) is 2.26. The first-order valence-corrected chi connectivity index (χ1v) is 6.85. The van der Waals surface area contributed by atoms with Crippen molar-refractivity contribution < 1.29 is 4.79 Å². The van der Waals surface area contributed by atoms with Gasteiger partial charge in [-0.2, -0.15) is 0 Å². The highest BCUT2D eigenvalue weighted by Crippen LogP contribution is 2.21. The van der Waals surface area contributed by atoms with Crippen molar-refractivity contribution in [1.82, 2.24) is 10.6 Å². The zero-order valence-electron chi connectivity index (χ0n) is 12.0. The average molecular weight is 261 g/mol. The van der Waals surface area contributed by atoms with Crippen LogP contribution in [0.5, 0.6) is 0 Å². The number of benzene rings is 1. The number of nitrogens with one attached hydrogen (secondary N) is 2. The predicted molar refractivity (Wildman–Crippen MR) is 78.4 cm³/mol. The zero-order chi connectivity index (χ0) is 13.8. The third kappa shape index (κ3) is 3.96. The summed E-state index contributed by atoms with van der Waals surface area (Å²) in [5.74, 6) is 0.112. The molecule has 0 saturated heterocycles. The van der Waals surface area contributed by atoms with Gasteiger partial charge in [0.1, 0.15) is 0 Å². The maximum atomic E-state index is 11.8. The number of carbonyl (C=O) groups excluding carboxylic acids is 1. The van der Waals surface area contributed by atoms with Crippen molar-refractivity contribution in [3.63, 3.8) is 0 Å². The number of hydrogen-bond acceptors (Lipinski definition) is 3. The maximum absolute atomic E-state index is 11.8. The first-order chi connectivity index (χ1) is 9.10. The molecule has 0 unspecified atom stereocenters. The van der Waals surface area contributed by atoms with Gasteiger partial charge in [-0.3, -0.25) is 4.79 Å². The molecule has 0 bridgehead atoms. The number of likely N-dealkylation sites (N-methyl/N-ethyl adjacent to an activating group) is 1. The highest BCUT2D eigenvalue weighted by Gasteiger charge is 2.23. The average Bonchev–Trinajstić information content (AvgIpc) is 3.13. The van der Waals surface area contributed by atoms with Crippen molar-refractivity contribution in [2.45, 2.75) is 32.4 Å². The van der Waals surface area contributed by atoms with E-state index in [2.05, 4.69) is 35.8 Å². The van der Waals surface area contributed by atoms with Crippen LogP contribution >= 0.6 is 0 Å². The molecule has 1 saturated carbocycles. The number of aryl methyl sites for hydroxylation is 1. The number of hydrogen-bond donors (Lipinski definition) is 2. The maximum Gasteiger partial charge on any atom is 0.239 e. The van der Waals surface area contributed by atoms with Gasteiger partial charge in [-0.25, -0.2) is 0 Å². The van der Waals surface area contributed by atoms with E-state index < -0.39 is 0 Å². The van der Waals surface area contributed by atoms with Crippen LogP contribution in [0.15, 0.2) is 18.2 Å².